The molecule has 0 fully saturated rings. The Labute approximate surface area is 150 Å². The van der Waals surface area contributed by atoms with Crippen molar-refractivity contribution in [1.29, 1.82) is 0 Å². The summed E-state index contributed by atoms with van der Waals surface area (Å²) >= 11 is 0. The molecular formula is C19H11NO7. The summed E-state index contributed by atoms with van der Waals surface area (Å²) in [5.41, 5.74) is 0.845. The van der Waals surface area contributed by atoms with Crippen molar-refractivity contribution in [2.24, 2.45) is 0 Å². The fourth-order valence-electron chi connectivity index (χ4n) is 2.99. The summed E-state index contributed by atoms with van der Waals surface area (Å²) in [5.74, 6) is -1.11. The Balaban J connectivity index is 2.14. The van der Waals surface area contributed by atoms with Crippen LogP contribution in [0.5, 0.6) is 17.2 Å². The van der Waals surface area contributed by atoms with Crippen molar-refractivity contribution >= 4 is 16.7 Å². The van der Waals surface area contributed by atoms with Crippen LogP contribution in [0.1, 0.15) is 0 Å². The van der Waals surface area contributed by atoms with Crippen molar-refractivity contribution in [2.45, 2.75) is 0 Å². The number of nitro groups is 1. The second-order valence-corrected chi connectivity index (χ2v) is 5.93. The van der Waals surface area contributed by atoms with E-state index in [4.69, 9.17) is 4.42 Å². The van der Waals surface area contributed by atoms with Gasteiger partial charge < -0.3 is 19.7 Å². The van der Waals surface area contributed by atoms with E-state index in [2.05, 4.69) is 0 Å². The first-order valence-electron chi connectivity index (χ1n) is 7.75. The molecule has 0 spiro atoms. The first-order chi connectivity index (χ1) is 12.8. The van der Waals surface area contributed by atoms with Gasteiger partial charge in [-0.15, -0.1) is 0 Å². The van der Waals surface area contributed by atoms with Crippen LogP contribution >= 0.6 is 0 Å². The van der Waals surface area contributed by atoms with Crippen molar-refractivity contribution < 1.29 is 24.7 Å². The number of phenols is 3. The molecule has 4 rings (SSSR count). The standard InChI is InChI=1S/C19H11NO7/c21-13-5-11-17(7-15(13)23)27-18-8-16(24)14(22)6-12(18)19(11)9-1-3-10(4-2-9)20(25)26/h1-8,21-23H. The quantitative estimate of drug-likeness (QED) is 0.214. The van der Waals surface area contributed by atoms with Gasteiger partial charge in [0.05, 0.1) is 4.92 Å². The van der Waals surface area contributed by atoms with Crippen LogP contribution < -0.4 is 5.43 Å². The maximum absolute atomic E-state index is 11.8. The van der Waals surface area contributed by atoms with Gasteiger partial charge in [0, 0.05) is 40.8 Å². The number of rotatable bonds is 2. The summed E-state index contributed by atoms with van der Waals surface area (Å²) in [6.07, 6.45) is 0. The lowest BCUT2D eigenvalue weighted by Crippen LogP contribution is -2.01. The monoisotopic (exact) mass is 365 g/mol. The molecule has 134 valence electrons. The van der Waals surface area contributed by atoms with Gasteiger partial charge in [-0.25, -0.2) is 0 Å². The molecule has 27 heavy (non-hydrogen) atoms. The molecule has 2 aliphatic rings. The molecule has 0 aromatic heterocycles. The molecule has 2 aromatic carbocycles. The van der Waals surface area contributed by atoms with Crippen molar-refractivity contribution in [1.82, 2.24) is 0 Å². The van der Waals surface area contributed by atoms with Crippen LogP contribution in [0.3, 0.4) is 0 Å². The molecule has 1 aliphatic heterocycles. The van der Waals surface area contributed by atoms with E-state index < -0.39 is 21.9 Å². The maximum atomic E-state index is 11.8. The summed E-state index contributed by atoms with van der Waals surface area (Å²) in [7, 11) is 0. The lowest BCUT2D eigenvalue weighted by molar-refractivity contribution is -0.384. The molecular weight excluding hydrogens is 354 g/mol. The molecule has 0 radical (unpaired) electrons. The predicted octanol–water partition coefficient (Wildman–Crippen LogP) is 3.59. The molecule has 1 heterocycles. The first-order valence-corrected chi connectivity index (χ1v) is 7.75. The molecule has 0 bridgehead atoms. The van der Waals surface area contributed by atoms with Crippen molar-refractivity contribution in [3.8, 4) is 39.7 Å². The second-order valence-electron chi connectivity index (χ2n) is 5.93. The summed E-state index contributed by atoms with van der Waals surface area (Å²) in [5, 5.41) is 40.8. The van der Waals surface area contributed by atoms with E-state index in [0.717, 1.165) is 6.07 Å². The van der Waals surface area contributed by atoms with E-state index in [1.807, 2.05) is 0 Å². The minimum atomic E-state index is -0.636. The molecule has 0 saturated carbocycles. The van der Waals surface area contributed by atoms with E-state index >= 15 is 0 Å². The zero-order valence-corrected chi connectivity index (χ0v) is 13.5. The van der Waals surface area contributed by atoms with Gasteiger partial charge in [0.2, 0.25) is 5.43 Å². The van der Waals surface area contributed by atoms with E-state index in [9.17, 15) is 30.2 Å². The van der Waals surface area contributed by atoms with Gasteiger partial charge in [-0.05, 0) is 29.8 Å². The molecule has 0 unspecified atom stereocenters. The zero-order valence-electron chi connectivity index (χ0n) is 13.5. The van der Waals surface area contributed by atoms with Crippen molar-refractivity contribution in [2.75, 3.05) is 0 Å². The van der Waals surface area contributed by atoms with Crippen LogP contribution in [0.25, 0.3) is 33.4 Å². The van der Waals surface area contributed by atoms with Crippen molar-refractivity contribution in [3.05, 3.63) is 68.9 Å². The summed E-state index contributed by atoms with van der Waals surface area (Å²) < 4.78 is 5.65. The molecule has 0 saturated heterocycles. The Morgan fingerprint density at radius 3 is 2.22 bits per heavy atom. The molecule has 0 amide bonds. The van der Waals surface area contributed by atoms with Crippen LogP contribution in [-0.4, -0.2) is 20.2 Å². The topological polar surface area (TPSA) is 134 Å². The molecule has 3 N–H and O–H groups in total. The largest absolute Gasteiger partial charge is 0.504 e. The predicted molar refractivity (Wildman–Crippen MR) is 96.2 cm³/mol. The molecule has 8 nitrogen and oxygen atoms in total. The first kappa shape index (κ1) is 16.4. The minimum absolute atomic E-state index is 0.0989. The van der Waals surface area contributed by atoms with Gasteiger partial charge in [0.1, 0.15) is 11.3 Å². The Hall–Kier alpha value is -4.07. The third-order valence-electron chi connectivity index (χ3n) is 4.26. The average Bonchev–Trinajstić information content (AvgIpc) is 2.63. The number of hydrogen-bond acceptors (Lipinski definition) is 7. The Morgan fingerprint density at radius 2 is 1.56 bits per heavy atom. The van der Waals surface area contributed by atoms with Crippen LogP contribution in [0, 0.1) is 10.1 Å². The number of phenolic OH excluding ortho intramolecular Hbond substituents is 3. The molecule has 8 heteroatoms. The number of benzene rings is 3. The summed E-state index contributed by atoms with van der Waals surface area (Å²) in [4.78, 5) is 22.2. The number of nitro benzene ring substituents is 1. The highest BCUT2D eigenvalue weighted by molar-refractivity contribution is 6.03. The van der Waals surface area contributed by atoms with Crippen LogP contribution in [-0.2, 0) is 0 Å². The third kappa shape index (κ3) is 2.60. The molecule has 1 aliphatic carbocycles. The van der Waals surface area contributed by atoms with Crippen molar-refractivity contribution in [3.63, 3.8) is 0 Å². The van der Waals surface area contributed by atoms with Crippen LogP contribution in [0.15, 0.2) is 57.7 Å². The number of aromatic hydroxyl groups is 3. The average molecular weight is 365 g/mol. The second kappa shape index (κ2) is 5.73. The number of fused-ring (bicyclic) bond motifs is 2. The lowest BCUT2D eigenvalue weighted by Gasteiger charge is -2.16. The molecule has 0 atom stereocenters. The van der Waals surface area contributed by atoms with E-state index in [-0.39, 0.29) is 22.8 Å². The van der Waals surface area contributed by atoms with E-state index in [1.54, 1.807) is 0 Å². The highest BCUT2D eigenvalue weighted by atomic mass is 16.6. The summed E-state index contributed by atoms with van der Waals surface area (Å²) in [6.45, 7) is 0. The number of hydrogen-bond donors (Lipinski definition) is 3. The Bertz CT molecular complexity index is 1240. The fraction of sp³-hybridized carbons (Fsp3) is 0. The zero-order chi connectivity index (χ0) is 19.3. The van der Waals surface area contributed by atoms with E-state index in [0.29, 0.717) is 22.1 Å². The van der Waals surface area contributed by atoms with Crippen LogP contribution in [0.2, 0.25) is 0 Å². The normalized spacial score (nSPS) is 11.1. The van der Waals surface area contributed by atoms with Gasteiger partial charge in [-0.3, -0.25) is 14.9 Å². The molecule has 2 aromatic rings. The smallest absolute Gasteiger partial charge is 0.269 e. The Morgan fingerprint density at radius 1 is 0.889 bits per heavy atom. The lowest BCUT2D eigenvalue weighted by atomic mass is 9.93. The van der Waals surface area contributed by atoms with Crippen LogP contribution in [0.4, 0.5) is 5.69 Å². The number of nitrogens with zero attached hydrogens (tertiary/aromatic N) is 1. The van der Waals surface area contributed by atoms with E-state index in [1.165, 1.54) is 42.5 Å². The highest BCUT2D eigenvalue weighted by Gasteiger charge is 2.21. The number of non-ortho nitro benzene ring substituents is 1. The van der Waals surface area contributed by atoms with Gasteiger partial charge in [-0.2, -0.15) is 0 Å². The van der Waals surface area contributed by atoms with Gasteiger partial charge in [0.15, 0.2) is 17.2 Å². The maximum Gasteiger partial charge on any atom is 0.269 e. The SMILES string of the molecule is O=c1cc2oc3cc(O)c(O)cc3c(-c3ccc([N+](=O)[O-])cc3)c-2cc1O. The minimum Gasteiger partial charge on any atom is -0.504 e. The van der Waals surface area contributed by atoms with Gasteiger partial charge in [-0.1, -0.05) is 0 Å². The van der Waals surface area contributed by atoms with Gasteiger partial charge in [0.25, 0.3) is 5.69 Å². The fourth-order valence-corrected chi connectivity index (χ4v) is 2.99. The highest BCUT2D eigenvalue weighted by Crippen LogP contribution is 2.43. The Kier molecular flexibility index (Phi) is 3.48. The van der Waals surface area contributed by atoms with Gasteiger partial charge >= 0.3 is 0 Å². The third-order valence-corrected chi connectivity index (χ3v) is 4.26. The summed E-state index contributed by atoms with van der Waals surface area (Å²) in [6, 6.07) is 10.5.